The van der Waals surface area contributed by atoms with Crippen LogP contribution in [0.15, 0.2) is 24.3 Å². The van der Waals surface area contributed by atoms with Gasteiger partial charge in [0, 0.05) is 12.1 Å². The summed E-state index contributed by atoms with van der Waals surface area (Å²) in [6.45, 7) is 6.27. The van der Waals surface area contributed by atoms with E-state index in [-0.39, 0.29) is 17.9 Å². The molecule has 1 atom stereocenters. The van der Waals surface area contributed by atoms with Crippen molar-refractivity contribution in [2.75, 3.05) is 13.6 Å². The van der Waals surface area contributed by atoms with Crippen LogP contribution >= 0.6 is 0 Å². The van der Waals surface area contributed by atoms with Crippen molar-refractivity contribution >= 4 is 11.9 Å². The van der Waals surface area contributed by atoms with Gasteiger partial charge >= 0.3 is 5.97 Å². The summed E-state index contributed by atoms with van der Waals surface area (Å²) in [6.07, 6.45) is 0. The van der Waals surface area contributed by atoms with Gasteiger partial charge in [-0.1, -0.05) is 32.9 Å². The number of hydrogen-bond donors (Lipinski definition) is 3. The number of rotatable bonds is 5. The van der Waals surface area contributed by atoms with Gasteiger partial charge in [0.15, 0.2) is 0 Å². The fourth-order valence-corrected chi connectivity index (χ4v) is 1.74. The van der Waals surface area contributed by atoms with Gasteiger partial charge in [-0.25, -0.2) is 0 Å². The van der Waals surface area contributed by atoms with Gasteiger partial charge in [-0.2, -0.15) is 0 Å². The fourth-order valence-electron chi connectivity index (χ4n) is 1.74. The zero-order valence-electron chi connectivity index (χ0n) is 12.4. The highest BCUT2D eigenvalue weighted by atomic mass is 16.4. The van der Waals surface area contributed by atoms with Gasteiger partial charge in [-0.3, -0.25) is 9.59 Å². The molecule has 0 radical (unpaired) electrons. The Morgan fingerprint density at radius 3 is 2.45 bits per heavy atom. The Kier molecular flexibility index (Phi) is 5.27. The van der Waals surface area contributed by atoms with Gasteiger partial charge in [0.05, 0.1) is 0 Å². The Labute approximate surface area is 119 Å². The lowest BCUT2D eigenvalue weighted by Gasteiger charge is -2.19. The summed E-state index contributed by atoms with van der Waals surface area (Å²) < 4.78 is 0. The summed E-state index contributed by atoms with van der Waals surface area (Å²) in [6, 6.07) is 6.58. The lowest BCUT2D eigenvalue weighted by Crippen LogP contribution is -2.44. The van der Waals surface area contributed by atoms with Crippen LogP contribution in [0.25, 0.3) is 0 Å². The van der Waals surface area contributed by atoms with Crippen LogP contribution in [-0.2, 0) is 10.2 Å². The van der Waals surface area contributed by atoms with E-state index in [1.165, 1.54) is 0 Å². The molecule has 1 aromatic rings. The number of hydrogen-bond acceptors (Lipinski definition) is 3. The Balaban J connectivity index is 2.76. The first-order chi connectivity index (χ1) is 9.25. The zero-order chi connectivity index (χ0) is 15.3. The summed E-state index contributed by atoms with van der Waals surface area (Å²) in [5, 5.41) is 14.2. The molecule has 0 saturated carbocycles. The molecule has 110 valence electrons. The third kappa shape index (κ3) is 4.35. The lowest BCUT2D eigenvalue weighted by molar-refractivity contribution is -0.139. The van der Waals surface area contributed by atoms with Crippen molar-refractivity contribution < 1.29 is 14.7 Å². The number of carboxylic acid groups (broad SMARTS) is 1. The van der Waals surface area contributed by atoms with Crippen LogP contribution in [-0.4, -0.2) is 36.6 Å². The molecule has 0 spiro atoms. The molecule has 0 saturated heterocycles. The molecule has 0 bridgehead atoms. The lowest BCUT2D eigenvalue weighted by atomic mass is 9.86. The van der Waals surface area contributed by atoms with Gasteiger partial charge in [-0.05, 0) is 30.2 Å². The molecule has 1 aromatic carbocycles. The fraction of sp³-hybridized carbons (Fsp3) is 0.467. The second kappa shape index (κ2) is 6.52. The number of carbonyl (C=O) groups excluding carboxylic acids is 1. The molecule has 0 heterocycles. The third-order valence-electron chi connectivity index (χ3n) is 3.10. The average molecular weight is 278 g/mol. The van der Waals surface area contributed by atoms with E-state index in [0.717, 1.165) is 5.56 Å². The molecule has 0 aliphatic rings. The summed E-state index contributed by atoms with van der Waals surface area (Å²) in [7, 11) is 1.55. The highest BCUT2D eigenvalue weighted by Crippen LogP contribution is 2.22. The van der Waals surface area contributed by atoms with E-state index >= 15 is 0 Å². The van der Waals surface area contributed by atoms with Gasteiger partial charge in [0.25, 0.3) is 5.91 Å². The van der Waals surface area contributed by atoms with Crippen LogP contribution < -0.4 is 10.6 Å². The first kappa shape index (κ1) is 16.2. The van der Waals surface area contributed by atoms with Crippen molar-refractivity contribution in [2.45, 2.75) is 32.2 Å². The number of benzene rings is 1. The van der Waals surface area contributed by atoms with Crippen LogP contribution in [0.3, 0.4) is 0 Å². The molecule has 5 heteroatoms. The smallest absolute Gasteiger partial charge is 0.322 e. The molecule has 5 nitrogen and oxygen atoms in total. The molecule has 1 amide bonds. The molecular formula is C15H22N2O3. The van der Waals surface area contributed by atoms with Crippen molar-refractivity contribution in [2.24, 2.45) is 0 Å². The Morgan fingerprint density at radius 2 is 1.95 bits per heavy atom. The third-order valence-corrected chi connectivity index (χ3v) is 3.10. The van der Waals surface area contributed by atoms with Crippen molar-refractivity contribution in [1.29, 1.82) is 0 Å². The highest BCUT2D eigenvalue weighted by Gasteiger charge is 2.18. The Hall–Kier alpha value is -1.88. The maximum Gasteiger partial charge on any atom is 0.322 e. The number of aliphatic carboxylic acids is 1. The summed E-state index contributed by atoms with van der Waals surface area (Å²) in [4.78, 5) is 22.9. The highest BCUT2D eigenvalue weighted by molar-refractivity contribution is 5.94. The predicted molar refractivity (Wildman–Crippen MR) is 78.0 cm³/mol. The maximum atomic E-state index is 12.0. The van der Waals surface area contributed by atoms with Crippen LogP contribution in [0, 0.1) is 0 Å². The average Bonchev–Trinajstić information content (AvgIpc) is 2.38. The molecular weight excluding hydrogens is 256 g/mol. The summed E-state index contributed by atoms with van der Waals surface area (Å²) in [5.74, 6) is -1.26. The SMILES string of the molecule is CN[C@H](CNC(=O)c1cccc(C(C)(C)C)c1)C(=O)O. The summed E-state index contributed by atoms with van der Waals surface area (Å²) >= 11 is 0. The topological polar surface area (TPSA) is 78.4 Å². The number of carbonyl (C=O) groups is 2. The van der Waals surface area contributed by atoms with Crippen molar-refractivity contribution in [3.8, 4) is 0 Å². The molecule has 3 N–H and O–H groups in total. The van der Waals surface area contributed by atoms with Crippen LogP contribution in [0.5, 0.6) is 0 Å². The number of nitrogens with one attached hydrogen (secondary N) is 2. The van der Waals surface area contributed by atoms with Crippen LogP contribution in [0.2, 0.25) is 0 Å². The van der Waals surface area contributed by atoms with E-state index in [1.54, 1.807) is 13.1 Å². The van der Waals surface area contributed by atoms with E-state index < -0.39 is 12.0 Å². The second-order valence-corrected chi connectivity index (χ2v) is 5.72. The van der Waals surface area contributed by atoms with Gasteiger partial charge in [-0.15, -0.1) is 0 Å². The molecule has 0 aliphatic heterocycles. The van der Waals surface area contributed by atoms with Crippen LogP contribution in [0.4, 0.5) is 0 Å². The van der Waals surface area contributed by atoms with Gasteiger partial charge in [0.1, 0.15) is 6.04 Å². The molecule has 0 unspecified atom stereocenters. The molecule has 1 rings (SSSR count). The van der Waals surface area contributed by atoms with E-state index in [2.05, 4.69) is 31.4 Å². The van der Waals surface area contributed by atoms with Gasteiger partial charge in [0.2, 0.25) is 0 Å². The van der Waals surface area contributed by atoms with Crippen molar-refractivity contribution in [3.05, 3.63) is 35.4 Å². The largest absolute Gasteiger partial charge is 0.480 e. The minimum atomic E-state index is -0.990. The Bertz CT molecular complexity index is 492. The van der Waals surface area contributed by atoms with E-state index in [9.17, 15) is 9.59 Å². The van der Waals surface area contributed by atoms with Gasteiger partial charge < -0.3 is 15.7 Å². The standard InChI is InChI=1S/C15H22N2O3/c1-15(2,3)11-7-5-6-10(8-11)13(18)17-9-12(16-4)14(19)20/h5-8,12,16H,9H2,1-4H3,(H,17,18)(H,19,20)/t12-/m1/s1. The number of likely N-dealkylation sites (N-methyl/N-ethyl adjacent to an activating group) is 1. The molecule has 0 fully saturated rings. The number of amides is 1. The van der Waals surface area contributed by atoms with Crippen molar-refractivity contribution in [3.63, 3.8) is 0 Å². The predicted octanol–water partition coefficient (Wildman–Crippen LogP) is 1.39. The second-order valence-electron chi connectivity index (χ2n) is 5.72. The normalized spacial score (nSPS) is 12.8. The van der Waals surface area contributed by atoms with Crippen LogP contribution in [0.1, 0.15) is 36.7 Å². The molecule has 0 aliphatic carbocycles. The van der Waals surface area contributed by atoms with E-state index in [4.69, 9.17) is 5.11 Å². The minimum Gasteiger partial charge on any atom is -0.480 e. The van der Waals surface area contributed by atoms with E-state index in [0.29, 0.717) is 5.56 Å². The maximum absolute atomic E-state index is 12.0. The van der Waals surface area contributed by atoms with Crippen molar-refractivity contribution in [1.82, 2.24) is 10.6 Å². The first-order valence-corrected chi connectivity index (χ1v) is 6.54. The first-order valence-electron chi connectivity index (χ1n) is 6.54. The Morgan fingerprint density at radius 1 is 1.30 bits per heavy atom. The monoisotopic (exact) mass is 278 g/mol. The quantitative estimate of drug-likeness (QED) is 0.760. The zero-order valence-corrected chi connectivity index (χ0v) is 12.4. The van der Waals surface area contributed by atoms with E-state index in [1.807, 2.05) is 18.2 Å². The molecule has 0 aromatic heterocycles. The minimum absolute atomic E-state index is 0.0368. The number of carboxylic acids is 1. The summed E-state index contributed by atoms with van der Waals surface area (Å²) in [5.41, 5.74) is 1.57. The molecule has 20 heavy (non-hydrogen) atoms.